The third-order valence-electron chi connectivity index (χ3n) is 1.40. The number of thiocarbonyl (C=S) groups is 1. The molecule has 0 fully saturated rings. The molecule has 0 unspecified atom stereocenters. The third-order valence-corrected chi connectivity index (χ3v) is 2.08. The molecule has 0 saturated heterocycles. The molecule has 2 N–H and O–H groups in total. The molecule has 0 spiro atoms. The van der Waals surface area contributed by atoms with Gasteiger partial charge in [0.05, 0.1) is 4.55 Å². The van der Waals surface area contributed by atoms with Crippen LogP contribution in [0.1, 0.15) is 13.8 Å². The summed E-state index contributed by atoms with van der Waals surface area (Å²) < 4.78 is 0.883. The van der Waals surface area contributed by atoms with Crippen molar-refractivity contribution in [2.75, 3.05) is 11.6 Å². The SMILES string of the molecule is CN/C(NCI)=C(/C)C(C)=S. The fourth-order valence-electron chi connectivity index (χ4n) is 0.651. The lowest BCUT2D eigenvalue weighted by molar-refractivity contribution is 0.819. The van der Waals surface area contributed by atoms with Crippen molar-refractivity contribution in [3.05, 3.63) is 11.4 Å². The van der Waals surface area contributed by atoms with Crippen LogP contribution < -0.4 is 10.6 Å². The molecule has 0 aromatic carbocycles. The van der Waals surface area contributed by atoms with Gasteiger partial charge in [-0.25, -0.2) is 0 Å². The van der Waals surface area contributed by atoms with Gasteiger partial charge in [-0.15, -0.1) is 0 Å². The Kier molecular flexibility index (Phi) is 5.85. The molecule has 0 aromatic rings. The zero-order valence-electron chi connectivity index (χ0n) is 6.99. The molecular formula is C7H13IN2S. The number of hydrogen-bond acceptors (Lipinski definition) is 3. The Labute approximate surface area is 87.0 Å². The molecule has 2 nitrogen and oxygen atoms in total. The minimum absolute atomic E-state index is 0.883. The first-order valence-electron chi connectivity index (χ1n) is 3.32. The van der Waals surface area contributed by atoms with Crippen LogP contribution in [0.15, 0.2) is 11.4 Å². The van der Waals surface area contributed by atoms with Gasteiger partial charge in [-0.05, 0) is 13.8 Å². The number of nitrogens with one attached hydrogen (secondary N) is 2. The lowest BCUT2D eigenvalue weighted by atomic mass is 10.2. The van der Waals surface area contributed by atoms with Crippen LogP contribution in [0.2, 0.25) is 0 Å². The maximum atomic E-state index is 5.03. The van der Waals surface area contributed by atoms with Crippen molar-refractivity contribution in [2.45, 2.75) is 13.8 Å². The average molecular weight is 284 g/mol. The normalized spacial score (nSPS) is 12.0. The molecule has 0 atom stereocenters. The van der Waals surface area contributed by atoms with E-state index in [9.17, 15) is 0 Å². The Balaban J connectivity index is 4.39. The molecule has 4 heteroatoms. The highest BCUT2D eigenvalue weighted by atomic mass is 127. The zero-order valence-corrected chi connectivity index (χ0v) is 9.97. The number of halogens is 1. The van der Waals surface area contributed by atoms with Crippen LogP contribution in [0, 0.1) is 0 Å². The average Bonchev–Trinajstić information content (AvgIpc) is 1.98. The predicted octanol–water partition coefficient (Wildman–Crippen LogP) is 1.81. The quantitative estimate of drug-likeness (QED) is 0.271. The summed E-state index contributed by atoms with van der Waals surface area (Å²) in [5.74, 6) is 1.02. The summed E-state index contributed by atoms with van der Waals surface area (Å²) in [5, 5.41) is 6.24. The van der Waals surface area contributed by atoms with Gasteiger partial charge in [0.1, 0.15) is 5.82 Å². The minimum atomic E-state index is 0.883. The van der Waals surface area contributed by atoms with Crippen LogP contribution in [-0.2, 0) is 0 Å². The van der Waals surface area contributed by atoms with Crippen molar-refractivity contribution in [2.24, 2.45) is 0 Å². The van der Waals surface area contributed by atoms with Gasteiger partial charge >= 0.3 is 0 Å². The summed E-state index contributed by atoms with van der Waals surface area (Å²) in [6.07, 6.45) is 0. The van der Waals surface area contributed by atoms with Crippen molar-refractivity contribution >= 4 is 39.7 Å². The largest absolute Gasteiger partial charge is 0.375 e. The van der Waals surface area contributed by atoms with Gasteiger partial charge in [-0.2, -0.15) is 0 Å². The number of hydrogen-bond donors (Lipinski definition) is 2. The van der Waals surface area contributed by atoms with Gasteiger partial charge in [-0.1, -0.05) is 34.8 Å². The molecule has 0 heterocycles. The molecule has 0 aromatic heterocycles. The van der Waals surface area contributed by atoms with E-state index in [2.05, 4.69) is 33.2 Å². The van der Waals surface area contributed by atoms with Gasteiger partial charge < -0.3 is 10.6 Å². The highest BCUT2D eigenvalue weighted by Gasteiger charge is 1.99. The van der Waals surface area contributed by atoms with E-state index in [1.807, 2.05) is 20.9 Å². The van der Waals surface area contributed by atoms with E-state index in [4.69, 9.17) is 12.2 Å². The van der Waals surface area contributed by atoms with Crippen molar-refractivity contribution in [1.82, 2.24) is 10.6 Å². The van der Waals surface area contributed by atoms with E-state index >= 15 is 0 Å². The Bertz CT molecular complexity index is 177. The maximum absolute atomic E-state index is 5.03. The third kappa shape index (κ3) is 3.91. The first kappa shape index (κ1) is 11.2. The molecule has 0 saturated carbocycles. The predicted molar refractivity (Wildman–Crippen MR) is 62.1 cm³/mol. The number of alkyl halides is 1. The van der Waals surface area contributed by atoms with Gasteiger partial charge in [-0.3, -0.25) is 0 Å². The molecule has 0 aliphatic heterocycles. The van der Waals surface area contributed by atoms with E-state index < -0.39 is 0 Å². The van der Waals surface area contributed by atoms with Crippen LogP contribution in [0.5, 0.6) is 0 Å². The molecule has 0 aliphatic rings. The van der Waals surface area contributed by atoms with Crippen molar-refractivity contribution in [3.8, 4) is 0 Å². The molecular weight excluding hydrogens is 271 g/mol. The van der Waals surface area contributed by atoms with E-state index in [1.54, 1.807) is 0 Å². The van der Waals surface area contributed by atoms with Gasteiger partial charge in [0.25, 0.3) is 0 Å². The fourth-order valence-corrected chi connectivity index (χ4v) is 1.13. The molecule has 0 rings (SSSR count). The summed E-state index contributed by atoms with van der Waals surface area (Å²) >= 11 is 7.29. The van der Waals surface area contributed by atoms with Gasteiger partial charge in [0.15, 0.2) is 0 Å². The van der Waals surface area contributed by atoms with Crippen LogP contribution in [0.3, 0.4) is 0 Å². The Morgan fingerprint density at radius 3 is 2.27 bits per heavy atom. The topological polar surface area (TPSA) is 24.1 Å². The van der Waals surface area contributed by atoms with E-state index in [0.29, 0.717) is 0 Å². The van der Waals surface area contributed by atoms with Crippen molar-refractivity contribution in [3.63, 3.8) is 0 Å². The van der Waals surface area contributed by atoms with Gasteiger partial charge in [0.2, 0.25) is 0 Å². The standard InChI is InChI=1S/C7H13IN2S/c1-5(6(2)11)7(9-3)10-4-8/h9-10H,4H2,1-3H3/b7-5+. The second-order valence-corrected chi connectivity index (χ2v) is 3.49. The molecule has 0 radical (unpaired) electrons. The van der Waals surface area contributed by atoms with Crippen molar-refractivity contribution < 1.29 is 0 Å². The highest BCUT2D eigenvalue weighted by molar-refractivity contribution is 14.1. The summed E-state index contributed by atoms with van der Waals surface area (Å²) in [6, 6.07) is 0. The van der Waals surface area contributed by atoms with Crippen LogP contribution in [0.25, 0.3) is 0 Å². The number of allylic oxidation sites excluding steroid dienone is 1. The van der Waals surface area contributed by atoms with E-state index in [0.717, 1.165) is 20.8 Å². The Hall–Kier alpha value is 0.160. The van der Waals surface area contributed by atoms with Crippen LogP contribution in [-0.4, -0.2) is 16.5 Å². The van der Waals surface area contributed by atoms with Gasteiger partial charge in [0, 0.05) is 17.5 Å². The minimum Gasteiger partial charge on any atom is -0.375 e. The smallest absolute Gasteiger partial charge is 0.103 e. The van der Waals surface area contributed by atoms with Crippen molar-refractivity contribution in [1.29, 1.82) is 0 Å². The Morgan fingerprint density at radius 2 is 2.00 bits per heavy atom. The first-order valence-corrected chi connectivity index (χ1v) is 5.26. The van der Waals surface area contributed by atoms with Crippen LogP contribution in [0.4, 0.5) is 0 Å². The summed E-state index contributed by atoms with van der Waals surface area (Å²) in [6.45, 7) is 3.93. The summed E-state index contributed by atoms with van der Waals surface area (Å²) in [7, 11) is 1.89. The molecule has 11 heavy (non-hydrogen) atoms. The second-order valence-electron chi connectivity index (χ2n) is 2.12. The zero-order chi connectivity index (χ0) is 8.85. The van der Waals surface area contributed by atoms with Crippen LogP contribution >= 0.6 is 34.8 Å². The molecule has 0 aliphatic carbocycles. The monoisotopic (exact) mass is 284 g/mol. The molecule has 0 amide bonds. The molecule has 0 bridgehead atoms. The fraction of sp³-hybridized carbons (Fsp3) is 0.571. The van der Waals surface area contributed by atoms with E-state index in [-0.39, 0.29) is 0 Å². The summed E-state index contributed by atoms with van der Waals surface area (Å²) in [5.41, 5.74) is 1.11. The molecule has 64 valence electrons. The first-order chi connectivity index (χ1) is 5.13. The lowest BCUT2D eigenvalue weighted by Crippen LogP contribution is -2.24. The summed E-state index contributed by atoms with van der Waals surface area (Å²) in [4.78, 5) is 0.923. The lowest BCUT2D eigenvalue weighted by Gasteiger charge is -2.11. The maximum Gasteiger partial charge on any atom is 0.103 e. The highest BCUT2D eigenvalue weighted by Crippen LogP contribution is 2.00. The second kappa shape index (κ2) is 5.77. The Morgan fingerprint density at radius 1 is 1.45 bits per heavy atom. The number of rotatable bonds is 4. The van der Waals surface area contributed by atoms with E-state index in [1.165, 1.54) is 0 Å².